The average molecular weight is 148 g/mol. The van der Waals surface area contributed by atoms with Crippen molar-refractivity contribution in [2.75, 3.05) is 0 Å². The van der Waals surface area contributed by atoms with Crippen molar-refractivity contribution >= 4 is 5.78 Å². The van der Waals surface area contributed by atoms with E-state index >= 15 is 0 Å². The number of hydrogen-bond acceptors (Lipinski definition) is 1. The lowest BCUT2D eigenvalue weighted by Gasteiger charge is -2.05. The van der Waals surface area contributed by atoms with Gasteiger partial charge >= 0.3 is 0 Å². The first kappa shape index (κ1) is 7.99. The van der Waals surface area contributed by atoms with Gasteiger partial charge in [-0.2, -0.15) is 0 Å². The molecule has 0 unspecified atom stereocenters. The molecule has 1 heteroatoms. The zero-order valence-corrected chi connectivity index (χ0v) is 7.14. The molecule has 11 heavy (non-hydrogen) atoms. The monoisotopic (exact) mass is 148 g/mol. The Morgan fingerprint density at radius 2 is 1.91 bits per heavy atom. The standard InChI is InChI=1S/C10H12O/c1-7(2)9-5-4-8(3)6-10(9)11/h4-6H,1-3H3. The molecule has 0 aromatic carbocycles. The van der Waals surface area contributed by atoms with Gasteiger partial charge in [0.05, 0.1) is 0 Å². The van der Waals surface area contributed by atoms with Gasteiger partial charge in [0.15, 0.2) is 5.78 Å². The van der Waals surface area contributed by atoms with Crippen molar-refractivity contribution in [1.29, 1.82) is 0 Å². The second-order valence-electron chi connectivity index (χ2n) is 3.00. The summed E-state index contributed by atoms with van der Waals surface area (Å²) >= 11 is 0. The van der Waals surface area contributed by atoms with Crippen molar-refractivity contribution in [2.24, 2.45) is 0 Å². The minimum Gasteiger partial charge on any atom is -0.289 e. The van der Waals surface area contributed by atoms with Gasteiger partial charge in [0, 0.05) is 5.57 Å². The molecule has 1 aliphatic rings. The van der Waals surface area contributed by atoms with Crippen molar-refractivity contribution in [3.63, 3.8) is 0 Å². The van der Waals surface area contributed by atoms with E-state index in [0.29, 0.717) is 0 Å². The Labute approximate surface area is 67.1 Å². The Morgan fingerprint density at radius 1 is 1.27 bits per heavy atom. The number of hydrogen-bond donors (Lipinski definition) is 0. The molecule has 0 fully saturated rings. The molecular weight excluding hydrogens is 136 g/mol. The van der Waals surface area contributed by atoms with E-state index in [0.717, 1.165) is 16.7 Å². The topological polar surface area (TPSA) is 17.1 Å². The number of carbonyl (C=O) groups is 1. The molecular formula is C10H12O. The van der Waals surface area contributed by atoms with E-state index in [2.05, 4.69) is 0 Å². The van der Waals surface area contributed by atoms with Crippen molar-refractivity contribution in [3.05, 3.63) is 34.9 Å². The first-order valence-electron chi connectivity index (χ1n) is 3.69. The first-order chi connectivity index (χ1) is 5.11. The lowest BCUT2D eigenvalue weighted by atomic mass is 9.98. The molecule has 0 radical (unpaired) electrons. The highest BCUT2D eigenvalue weighted by atomic mass is 16.1. The van der Waals surface area contributed by atoms with Gasteiger partial charge in [-0.1, -0.05) is 17.7 Å². The smallest absolute Gasteiger partial charge is 0.186 e. The summed E-state index contributed by atoms with van der Waals surface area (Å²) < 4.78 is 0. The van der Waals surface area contributed by atoms with Gasteiger partial charge in [-0.3, -0.25) is 4.79 Å². The Morgan fingerprint density at radius 3 is 2.36 bits per heavy atom. The van der Waals surface area contributed by atoms with Crippen LogP contribution in [0.1, 0.15) is 20.8 Å². The molecule has 0 N–H and O–H groups in total. The van der Waals surface area contributed by atoms with E-state index in [9.17, 15) is 4.79 Å². The Kier molecular flexibility index (Phi) is 2.08. The summed E-state index contributed by atoms with van der Waals surface area (Å²) in [5, 5.41) is 0. The maximum absolute atomic E-state index is 11.3. The maximum Gasteiger partial charge on any atom is 0.186 e. The summed E-state index contributed by atoms with van der Waals surface area (Å²) in [6.45, 7) is 5.83. The van der Waals surface area contributed by atoms with Crippen molar-refractivity contribution < 1.29 is 4.79 Å². The largest absolute Gasteiger partial charge is 0.289 e. The summed E-state index contributed by atoms with van der Waals surface area (Å²) in [5.41, 5.74) is 2.94. The van der Waals surface area contributed by atoms with E-state index in [1.807, 2.05) is 32.9 Å². The van der Waals surface area contributed by atoms with Gasteiger partial charge < -0.3 is 0 Å². The SMILES string of the molecule is CC1=CC(=O)C(=C(C)C)C=C1. The molecule has 0 bridgehead atoms. The highest BCUT2D eigenvalue weighted by Gasteiger charge is 2.08. The van der Waals surface area contributed by atoms with Gasteiger partial charge in [0.1, 0.15) is 0 Å². The molecule has 0 saturated carbocycles. The Balaban J connectivity index is 3.05. The van der Waals surface area contributed by atoms with Gasteiger partial charge in [-0.15, -0.1) is 0 Å². The normalized spacial score (nSPS) is 16.8. The van der Waals surface area contributed by atoms with Crippen LogP contribution >= 0.6 is 0 Å². The zero-order valence-electron chi connectivity index (χ0n) is 7.14. The molecule has 1 aliphatic carbocycles. The third kappa shape index (κ3) is 1.67. The van der Waals surface area contributed by atoms with E-state index in [1.54, 1.807) is 6.08 Å². The number of allylic oxidation sites excluding steroid dienone is 6. The van der Waals surface area contributed by atoms with Crippen molar-refractivity contribution in [2.45, 2.75) is 20.8 Å². The summed E-state index contributed by atoms with van der Waals surface area (Å²) in [4.78, 5) is 11.3. The second kappa shape index (κ2) is 2.87. The molecule has 1 nitrogen and oxygen atoms in total. The Bertz CT molecular complexity index is 273. The average Bonchev–Trinajstić information content (AvgIpc) is 1.85. The molecule has 58 valence electrons. The molecule has 0 saturated heterocycles. The fourth-order valence-electron chi connectivity index (χ4n) is 1.04. The lowest BCUT2D eigenvalue weighted by Crippen LogP contribution is -2.02. The molecule has 0 aliphatic heterocycles. The second-order valence-corrected chi connectivity index (χ2v) is 3.00. The summed E-state index contributed by atoms with van der Waals surface area (Å²) in [6, 6.07) is 0. The predicted octanol–water partition coefficient (Wildman–Crippen LogP) is 2.41. The van der Waals surface area contributed by atoms with Gasteiger partial charge in [0.25, 0.3) is 0 Å². The molecule has 0 aromatic heterocycles. The number of rotatable bonds is 0. The molecule has 0 amide bonds. The van der Waals surface area contributed by atoms with E-state index < -0.39 is 0 Å². The van der Waals surface area contributed by atoms with Gasteiger partial charge in [-0.25, -0.2) is 0 Å². The van der Waals surface area contributed by atoms with E-state index in [-0.39, 0.29) is 5.78 Å². The van der Waals surface area contributed by atoms with Crippen molar-refractivity contribution in [3.8, 4) is 0 Å². The van der Waals surface area contributed by atoms with Crippen LogP contribution in [0.15, 0.2) is 34.9 Å². The van der Waals surface area contributed by atoms with Crippen LogP contribution in [-0.2, 0) is 4.79 Å². The minimum absolute atomic E-state index is 0.130. The summed E-state index contributed by atoms with van der Waals surface area (Å²) in [5.74, 6) is 0.130. The third-order valence-electron chi connectivity index (χ3n) is 1.68. The molecule has 0 heterocycles. The van der Waals surface area contributed by atoms with Crippen LogP contribution in [0.25, 0.3) is 0 Å². The third-order valence-corrected chi connectivity index (χ3v) is 1.68. The minimum atomic E-state index is 0.130. The fourth-order valence-corrected chi connectivity index (χ4v) is 1.04. The van der Waals surface area contributed by atoms with Crippen LogP contribution in [0.2, 0.25) is 0 Å². The van der Waals surface area contributed by atoms with Crippen LogP contribution in [0.3, 0.4) is 0 Å². The van der Waals surface area contributed by atoms with Crippen LogP contribution in [0.5, 0.6) is 0 Å². The van der Waals surface area contributed by atoms with E-state index in [1.165, 1.54) is 0 Å². The highest BCUT2D eigenvalue weighted by molar-refractivity contribution is 6.08. The number of carbonyl (C=O) groups excluding carboxylic acids is 1. The van der Waals surface area contributed by atoms with Crippen LogP contribution in [0.4, 0.5) is 0 Å². The van der Waals surface area contributed by atoms with Gasteiger partial charge in [-0.05, 0) is 32.4 Å². The predicted molar refractivity (Wildman–Crippen MR) is 46.3 cm³/mol. The van der Waals surface area contributed by atoms with Crippen molar-refractivity contribution in [1.82, 2.24) is 0 Å². The first-order valence-corrected chi connectivity index (χ1v) is 3.69. The maximum atomic E-state index is 11.3. The van der Waals surface area contributed by atoms with Gasteiger partial charge in [0.2, 0.25) is 0 Å². The summed E-state index contributed by atoms with van der Waals surface area (Å²) in [7, 11) is 0. The Hall–Kier alpha value is -1.11. The molecule has 0 atom stereocenters. The number of ketones is 1. The van der Waals surface area contributed by atoms with E-state index in [4.69, 9.17) is 0 Å². The summed E-state index contributed by atoms with van der Waals surface area (Å²) in [6.07, 6.45) is 5.51. The fraction of sp³-hybridized carbons (Fsp3) is 0.300. The highest BCUT2D eigenvalue weighted by Crippen LogP contribution is 2.14. The van der Waals surface area contributed by atoms with Crippen LogP contribution in [-0.4, -0.2) is 5.78 Å². The molecule has 1 rings (SSSR count). The quantitative estimate of drug-likeness (QED) is 0.482. The van der Waals surface area contributed by atoms with Crippen LogP contribution in [0, 0.1) is 0 Å². The molecule has 0 spiro atoms. The molecule has 0 aromatic rings. The van der Waals surface area contributed by atoms with Crippen LogP contribution < -0.4 is 0 Å². The zero-order chi connectivity index (χ0) is 8.43. The lowest BCUT2D eigenvalue weighted by molar-refractivity contribution is -0.111.